The van der Waals surface area contributed by atoms with Crippen molar-refractivity contribution in [2.75, 3.05) is 16.4 Å². The van der Waals surface area contributed by atoms with Gasteiger partial charge in [-0.05, 0) is 42.6 Å². The highest BCUT2D eigenvalue weighted by Gasteiger charge is 2.13. The summed E-state index contributed by atoms with van der Waals surface area (Å²) in [4.78, 5) is 40.2. The predicted octanol–water partition coefficient (Wildman–Crippen LogP) is 3.17. The molecule has 3 aromatic rings. The van der Waals surface area contributed by atoms with Crippen LogP contribution in [-0.4, -0.2) is 27.1 Å². The van der Waals surface area contributed by atoms with Crippen LogP contribution in [0.15, 0.2) is 45.7 Å². The first-order valence-electron chi connectivity index (χ1n) is 8.26. The van der Waals surface area contributed by atoms with Gasteiger partial charge in [0.15, 0.2) is 5.16 Å². The summed E-state index contributed by atoms with van der Waals surface area (Å²) in [6.07, 6.45) is 0. The van der Waals surface area contributed by atoms with E-state index in [-0.39, 0.29) is 23.1 Å². The molecule has 0 saturated carbocycles. The molecular weight excluding hydrogens is 384 g/mol. The minimum Gasteiger partial charge on any atom is -0.326 e. The van der Waals surface area contributed by atoms with Crippen molar-refractivity contribution in [3.63, 3.8) is 0 Å². The van der Waals surface area contributed by atoms with Crippen LogP contribution in [0.4, 0.5) is 11.4 Å². The number of hydrogen-bond acceptors (Lipinski definition) is 6. The summed E-state index contributed by atoms with van der Waals surface area (Å²) in [5, 5.41) is 7.83. The molecule has 27 heavy (non-hydrogen) atoms. The Kier molecular flexibility index (Phi) is 5.92. The maximum atomic E-state index is 12.5. The molecule has 9 heteroatoms. The lowest BCUT2D eigenvalue weighted by Gasteiger charge is -2.10. The molecule has 0 unspecified atom stereocenters. The van der Waals surface area contributed by atoms with E-state index in [0.717, 1.165) is 0 Å². The van der Waals surface area contributed by atoms with Gasteiger partial charge >= 0.3 is 0 Å². The fraction of sp³-hybridized carbons (Fsp3) is 0.222. The Bertz CT molecular complexity index is 1040. The Morgan fingerprint density at radius 1 is 1.15 bits per heavy atom. The third kappa shape index (κ3) is 4.55. The summed E-state index contributed by atoms with van der Waals surface area (Å²) in [6.45, 7) is 3.81. The molecule has 0 fully saturated rings. The Hall–Kier alpha value is -2.65. The molecule has 7 nitrogen and oxygen atoms in total. The van der Waals surface area contributed by atoms with Crippen molar-refractivity contribution in [3.8, 4) is 0 Å². The zero-order valence-corrected chi connectivity index (χ0v) is 16.4. The highest BCUT2D eigenvalue weighted by Crippen LogP contribution is 2.21. The first-order valence-corrected chi connectivity index (χ1v) is 10.1. The molecular formula is C18H18N4O3S2. The van der Waals surface area contributed by atoms with Crippen molar-refractivity contribution in [3.05, 3.63) is 46.1 Å². The van der Waals surface area contributed by atoms with Crippen molar-refractivity contribution < 1.29 is 9.59 Å². The largest absolute Gasteiger partial charge is 0.326 e. The lowest BCUT2D eigenvalue weighted by molar-refractivity contribution is -0.114. The summed E-state index contributed by atoms with van der Waals surface area (Å²) >= 11 is 2.60. The molecule has 0 aliphatic rings. The number of amides is 2. The van der Waals surface area contributed by atoms with E-state index in [1.165, 1.54) is 30.0 Å². The molecule has 2 heterocycles. The molecule has 2 aromatic heterocycles. The lowest BCUT2D eigenvalue weighted by atomic mass is 10.3. The molecule has 1 aromatic carbocycles. The van der Waals surface area contributed by atoms with Crippen molar-refractivity contribution in [1.29, 1.82) is 0 Å². The van der Waals surface area contributed by atoms with E-state index in [1.807, 2.05) is 18.4 Å². The number of nitrogens with zero attached hydrogens (tertiary/aromatic N) is 2. The van der Waals surface area contributed by atoms with E-state index in [4.69, 9.17) is 0 Å². The van der Waals surface area contributed by atoms with Crippen LogP contribution < -0.4 is 16.2 Å². The zero-order valence-electron chi connectivity index (χ0n) is 14.8. The van der Waals surface area contributed by atoms with Gasteiger partial charge in [0.1, 0.15) is 4.70 Å². The number of rotatable bonds is 6. The first-order chi connectivity index (χ1) is 13.0. The molecule has 0 saturated heterocycles. The lowest BCUT2D eigenvalue weighted by Crippen LogP contribution is -2.22. The van der Waals surface area contributed by atoms with Gasteiger partial charge in [0.2, 0.25) is 11.8 Å². The summed E-state index contributed by atoms with van der Waals surface area (Å²) in [5.74, 6) is -0.218. The van der Waals surface area contributed by atoms with E-state index in [9.17, 15) is 14.4 Å². The smallest absolute Gasteiger partial charge is 0.272 e. The van der Waals surface area contributed by atoms with E-state index in [1.54, 1.807) is 28.8 Å². The summed E-state index contributed by atoms with van der Waals surface area (Å²) in [6, 6.07) is 8.66. The number of anilines is 2. The van der Waals surface area contributed by atoms with Gasteiger partial charge in [0.05, 0.1) is 11.3 Å². The van der Waals surface area contributed by atoms with Crippen LogP contribution in [0.25, 0.3) is 10.2 Å². The minimum atomic E-state index is -0.199. The van der Waals surface area contributed by atoms with E-state index in [0.29, 0.717) is 33.3 Å². The molecule has 0 spiro atoms. The zero-order chi connectivity index (χ0) is 19.4. The van der Waals surface area contributed by atoms with Gasteiger partial charge in [-0.3, -0.25) is 19.0 Å². The van der Waals surface area contributed by atoms with Gasteiger partial charge in [-0.2, -0.15) is 0 Å². The Morgan fingerprint density at radius 2 is 1.81 bits per heavy atom. The molecule has 0 aliphatic carbocycles. The highest BCUT2D eigenvalue weighted by molar-refractivity contribution is 7.99. The number of hydrogen-bond donors (Lipinski definition) is 2. The van der Waals surface area contributed by atoms with Crippen LogP contribution >= 0.6 is 23.1 Å². The van der Waals surface area contributed by atoms with E-state index < -0.39 is 0 Å². The van der Waals surface area contributed by atoms with Gasteiger partial charge in [-0.1, -0.05) is 11.8 Å². The Balaban J connectivity index is 1.66. The van der Waals surface area contributed by atoms with Crippen molar-refractivity contribution >= 4 is 56.5 Å². The van der Waals surface area contributed by atoms with Crippen molar-refractivity contribution in [1.82, 2.24) is 9.55 Å². The van der Waals surface area contributed by atoms with Gasteiger partial charge in [-0.25, -0.2) is 4.98 Å². The minimum absolute atomic E-state index is 0.0750. The number of carbonyl (C=O) groups is 2. The number of thiophene rings is 1. The summed E-state index contributed by atoms with van der Waals surface area (Å²) in [7, 11) is 0. The topological polar surface area (TPSA) is 93.1 Å². The standard InChI is InChI=1S/C18H18N4O3S2/c1-3-22-17(25)16-14(8-9-26-16)21-18(22)27-10-15(24)20-13-6-4-12(5-7-13)19-11(2)23/h4-9H,3,10H2,1-2H3,(H,19,23)(H,20,24). The summed E-state index contributed by atoms with van der Waals surface area (Å²) in [5.41, 5.74) is 1.87. The van der Waals surface area contributed by atoms with Crippen LogP contribution in [0.2, 0.25) is 0 Å². The monoisotopic (exact) mass is 402 g/mol. The van der Waals surface area contributed by atoms with Crippen LogP contribution in [0, 0.1) is 0 Å². The van der Waals surface area contributed by atoms with Crippen LogP contribution in [0.3, 0.4) is 0 Å². The third-order valence-electron chi connectivity index (χ3n) is 3.67. The van der Waals surface area contributed by atoms with E-state index >= 15 is 0 Å². The Labute approximate surface area is 163 Å². The number of thioether (sulfide) groups is 1. The highest BCUT2D eigenvalue weighted by atomic mass is 32.2. The molecule has 3 rings (SSSR count). The maximum Gasteiger partial charge on any atom is 0.272 e. The number of nitrogens with one attached hydrogen (secondary N) is 2. The molecule has 0 radical (unpaired) electrons. The van der Waals surface area contributed by atoms with Crippen molar-refractivity contribution in [2.45, 2.75) is 25.5 Å². The Morgan fingerprint density at radius 3 is 2.44 bits per heavy atom. The van der Waals surface area contributed by atoms with Crippen LogP contribution in [0.5, 0.6) is 0 Å². The average molecular weight is 403 g/mol. The number of carbonyl (C=O) groups excluding carboxylic acids is 2. The first kappa shape index (κ1) is 19.1. The van der Waals surface area contributed by atoms with Gasteiger partial charge < -0.3 is 10.6 Å². The second kappa shape index (κ2) is 8.36. The molecule has 0 atom stereocenters. The van der Waals surface area contributed by atoms with E-state index in [2.05, 4.69) is 15.6 Å². The SMILES string of the molecule is CCn1c(SCC(=O)Nc2ccc(NC(C)=O)cc2)nc2ccsc2c1=O. The maximum absolute atomic E-state index is 12.5. The van der Waals surface area contributed by atoms with Crippen LogP contribution in [0.1, 0.15) is 13.8 Å². The van der Waals surface area contributed by atoms with Gasteiger partial charge in [-0.15, -0.1) is 11.3 Å². The second-order valence-corrected chi connectivity index (χ2v) is 7.53. The third-order valence-corrected chi connectivity index (χ3v) is 5.54. The van der Waals surface area contributed by atoms with Crippen molar-refractivity contribution in [2.24, 2.45) is 0 Å². The quantitative estimate of drug-likeness (QED) is 0.488. The van der Waals surface area contributed by atoms with Gasteiger partial charge in [0.25, 0.3) is 5.56 Å². The molecule has 2 amide bonds. The average Bonchev–Trinajstić information content (AvgIpc) is 3.10. The summed E-state index contributed by atoms with van der Waals surface area (Å²) < 4.78 is 2.21. The second-order valence-electron chi connectivity index (χ2n) is 5.67. The molecule has 0 bridgehead atoms. The normalized spacial score (nSPS) is 10.7. The number of fused-ring (bicyclic) bond motifs is 1. The fourth-order valence-corrected chi connectivity index (χ4v) is 4.12. The number of aromatic nitrogens is 2. The molecule has 0 aliphatic heterocycles. The molecule has 2 N–H and O–H groups in total. The van der Waals surface area contributed by atoms with Gasteiger partial charge in [0, 0.05) is 24.8 Å². The predicted molar refractivity (Wildman–Crippen MR) is 110 cm³/mol. The van der Waals surface area contributed by atoms with Crippen LogP contribution in [-0.2, 0) is 16.1 Å². The fourth-order valence-electron chi connectivity index (χ4n) is 2.48. The molecule has 140 valence electrons. The number of benzene rings is 1.